The second-order valence-electron chi connectivity index (χ2n) is 6.69. The SMILES string of the molecule is COCCCNC(=O)CN1CCN(CC(=O)NCC2CCCO2)CC1. The van der Waals surface area contributed by atoms with Gasteiger partial charge in [-0.1, -0.05) is 0 Å². The van der Waals surface area contributed by atoms with Crippen molar-refractivity contribution in [2.75, 3.05) is 72.7 Å². The number of nitrogens with one attached hydrogen (secondary N) is 2. The van der Waals surface area contributed by atoms with E-state index < -0.39 is 0 Å². The molecule has 0 aliphatic carbocycles. The minimum atomic E-state index is 0.0545. The first-order chi connectivity index (χ1) is 12.2. The zero-order valence-electron chi connectivity index (χ0n) is 15.3. The van der Waals surface area contributed by atoms with Crippen molar-refractivity contribution < 1.29 is 19.1 Å². The van der Waals surface area contributed by atoms with Crippen molar-refractivity contribution in [3.63, 3.8) is 0 Å². The van der Waals surface area contributed by atoms with Crippen molar-refractivity contribution in [1.82, 2.24) is 20.4 Å². The van der Waals surface area contributed by atoms with Crippen LogP contribution in [0.25, 0.3) is 0 Å². The smallest absolute Gasteiger partial charge is 0.234 e. The van der Waals surface area contributed by atoms with Gasteiger partial charge in [-0.3, -0.25) is 19.4 Å². The standard InChI is InChI=1S/C17H32N4O4/c1-24-10-3-5-18-16(22)13-20-6-8-21(9-7-20)14-17(23)19-12-15-4-2-11-25-15/h15H,2-14H2,1H3,(H,18,22)(H,19,23). The summed E-state index contributed by atoms with van der Waals surface area (Å²) in [6.45, 7) is 6.81. The Morgan fingerprint density at radius 3 is 2.28 bits per heavy atom. The van der Waals surface area contributed by atoms with Gasteiger partial charge in [0.2, 0.25) is 11.8 Å². The number of carbonyl (C=O) groups is 2. The van der Waals surface area contributed by atoms with Gasteiger partial charge < -0.3 is 20.1 Å². The maximum Gasteiger partial charge on any atom is 0.234 e. The number of ether oxygens (including phenoxy) is 2. The number of nitrogens with zero attached hydrogens (tertiary/aromatic N) is 2. The predicted octanol–water partition coefficient (Wildman–Crippen LogP) is -0.948. The molecule has 0 radical (unpaired) electrons. The summed E-state index contributed by atoms with van der Waals surface area (Å²) in [4.78, 5) is 28.1. The third-order valence-electron chi connectivity index (χ3n) is 4.60. The Bertz CT molecular complexity index is 407. The zero-order chi connectivity index (χ0) is 17.9. The Hall–Kier alpha value is -1.22. The van der Waals surface area contributed by atoms with E-state index in [9.17, 15) is 9.59 Å². The van der Waals surface area contributed by atoms with Gasteiger partial charge in [-0.25, -0.2) is 0 Å². The van der Waals surface area contributed by atoms with Crippen LogP contribution in [0.4, 0.5) is 0 Å². The zero-order valence-corrected chi connectivity index (χ0v) is 15.3. The lowest BCUT2D eigenvalue weighted by Crippen LogP contribution is -2.51. The van der Waals surface area contributed by atoms with Gasteiger partial charge in [0.15, 0.2) is 0 Å². The van der Waals surface area contributed by atoms with Crippen molar-refractivity contribution in [2.45, 2.75) is 25.4 Å². The molecular formula is C17H32N4O4. The Kier molecular flexibility index (Phi) is 9.17. The molecule has 2 aliphatic heterocycles. The van der Waals surface area contributed by atoms with E-state index in [1.54, 1.807) is 7.11 Å². The minimum absolute atomic E-state index is 0.0545. The highest BCUT2D eigenvalue weighted by Gasteiger charge is 2.21. The summed E-state index contributed by atoms with van der Waals surface area (Å²) in [5.41, 5.74) is 0. The lowest BCUT2D eigenvalue weighted by Gasteiger charge is -2.33. The molecule has 2 saturated heterocycles. The molecule has 1 unspecified atom stereocenters. The molecule has 1 atom stereocenters. The van der Waals surface area contributed by atoms with Crippen molar-refractivity contribution in [2.24, 2.45) is 0 Å². The van der Waals surface area contributed by atoms with E-state index in [1.165, 1.54) is 0 Å². The van der Waals surface area contributed by atoms with Gasteiger partial charge in [0.25, 0.3) is 0 Å². The fourth-order valence-corrected chi connectivity index (χ4v) is 3.10. The number of hydrogen-bond acceptors (Lipinski definition) is 6. The summed E-state index contributed by atoms with van der Waals surface area (Å²) < 4.78 is 10.5. The summed E-state index contributed by atoms with van der Waals surface area (Å²) in [7, 11) is 1.66. The van der Waals surface area contributed by atoms with Gasteiger partial charge in [0.05, 0.1) is 19.2 Å². The van der Waals surface area contributed by atoms with Crippen LogP contribution in [0.2, 0.25) is 0 Å². The third kappa shape index (κ3) is 8.13. The van der Waals surface area contributed by atoms with Crippen LogP contribution in [-0.4, -0.2) is 100 Å². The summed E-state index contributed by atoms with van der Waals surface area (Å²) in [5, 5.41) is 5.86. The van der Waals surface area contributed by atoms with Crippen LogP contribution in [0.5, 0.6) is 0 Å². The first-order valence-corrected chi connectivity index (χ1v) is 9.26. The van der Waals surface area contributed by atoms with E-state index in [0.29, 0.717) is 32.8 Å². The van der Waals surface area contributed by atoms with Crippen LogP contribution >= 0.6 is 0 Å². The lowest BCUT2D eigenvalue weighted by atomic mass is 10.2. The fraction of sp³-hybridized carbons (Fsp3) is 0.882. The molecule has 0 aromatic rings. The topological polar surface area (TPSA) is 83.1 Å². The van der Waals surface area contributed by atoms with Gasteiger partial charge in [-0.15, -0.1) is 0 Å². The number of carbonyl (C=O) groups excluding carboxylic acids is 2. The molecule has 0 aromatic carbocycles. The average Bonchev–Trinajstić information content (AvgIpc) is 3.12. The van der Waals surface area contributed by atoms with Crippen molar-refractivity contribution >= 4 is 11.8 Å². The highest BCUT2D eigenvalue weighted by atomic mass is 16.5. The Morgan fingerprint density at radius 2 is 1.72 bits per heavy atom. The summed E-state index contributed by atoms with van der Waals surface area (Å²) in [6, 6.07) is 0. The number of rotatable bonds is 10. The number of piperazine rings is 1. The molecule has 0 aromatic heterocycles. The predicted molar refractivity (Wildman–Crippen MR) is 94.4 cm³/mol. The van der Waals surface area contributed by atoms with Crippen LogP contribution in [0.15, 0.2) is 0 Å². The van der Waals surface area contributed by atoms with Crippen LogP contribution in [0, 0.1) is 0 Å². The molecule has 0 saturated carbocycles. The van der Waals surface area contributed by atoms with E-state index in [4.69, 9.17) is 9.47 Å². The first-order valence-electron chi connectivity index (χ1n) is 9.26. The van der Waals surface area contributed by atoms with Crippen LogP contribution < -0.4 is 10.6 Å². The van der Waals surface area contributed by atoms with E-state index in [1.807, 2.05) is 0 Å². The quantitative estimate of drug-likeness (QED) is 0.491. The number of hydrogen-bond donors (Lipinski definition) is 2. The second kappa shape index (κ2) is 11.4. The summed E-state index contributed by atoms with van der Waals surface area (Å²) >= 11 is 0. The second-order valence-corrected chi connectivity index (χ2v) is 6.69. The lowest BCUT2D eigenvalue weighted by molar-refractivity contribution is -0.125. The minimum Gasteiger partial charge on any atom is -0.385 e. The molecule has 2 amide bonds. The molecule has 2 N–H and O–H groups in total. The third-order valence-corrected chi connectivity index (χ3v) is 4.60. The van der Waals surface area contributed by atoms with E-state index in [0.717, 1.165) is 52.0 Å². The van der Waals surface area contributed by atoms with E-state index >= 15 is 0 Å². The first kappa shape index (κ1) is 20.1. The maximum atomic E-state index is 12.0. The number of amides is 2. The molecule has 2 fully saturated rings. The Labute approximate surface area is 150 Å². The van der Waals surface area contributed by atoms with E-state index in [2.05, 4.69) is 20.4 Å². The molecular weight excluding hydrogens is 324 g/mol. The van der Waals surface area contributed by atoms with Crippen LogP contribution in [-0.2, 0) is 19.1 Å². The summed E-state index contributed by atoms with van der Waals surface area (Å²) in [6.07, 6.45) is 3.13. The monoisotopic (exact) mass is 356 g/mol. The normalized spacial score (nSPS) is 22.0. The Morgan fingerprint density at radius 1 is 1.08 bits per heavy atom. The van der Waals surface area contributed by atoms with Crippen molar-refractivity contribution in [1.29, 1.82) is 0 Å². The molecule has 0 bridgehead atoms. The van der Waals surface area contributed by atoms with Gasteiger partial charge >= 0.3 is 0 Å². The molecule has 2 heterocycles. The Balaban J connectivity index is 1.53. The largest absolute Gasteiger partial charge is 0.385 e. The average molecular weight is 356 g/mol. The number of methoxy groups -OCH3 is 1. The van der Waals surface area contributed by atoms with Crippen molar-refractivity contribution in [3.05, 3.63) is 0 Å². The van der Waals surface area contributed by atoms with Gasteiger partial charge in [-0.05, 0) is 19.3 Å². The summed E-state index contributed by atoms with van der Waals surface area (Å²) in [5.74, 6) is 0.110. The molecule has 144 valence electrons. The molecule has 2 rings (SSSR count). The molecule has 2 aliphatic rings. The molecule has 8 heteroatoms. The molecule has 25 heavy (non-hydrogen) atoms. The highest BCUT2D eigenvalue weighted by molar-refractivity contribution is 5.78. The van der Waals surface area contributed by atoms with Gasteiger partial charge in [0.1, 0.15) is 0 Å². The van der Waals surface area contributed by atoms with Crippen LogP contribution in [0.1, 0.15) is 19.3 Å². The van der Waals surface area contributed by atoms with Crippen LogP contribution in [0.3, 0.4) is 0 Å². The maximum absolute atomic E-state index is 12.0. The molecule has 0 spiro atoms. The van der Waals surface area contributed by atoms with Gasteiger partial charge in [0, 0.05) is 59.6 Å². The fourth-order valence-electron chi connectivity index (χ4n) is 3.10. The molecule has 8 nitrogen and oxygen atoms in total. The van der Waals surface area contributed by atoms with Gasteiger partial charge in [-0.2, -0.15) is 0 Å². The van der Waals surface area contributed by atoms with Crippen molar-refractivity contribution in [3.8, 4) is 0 Å². The van der Waals surface area contributed by atoms with E-state index in [-0.39, 0.29) is 17.9 Å². The highest BCUT2D eigenvalue weighted by Crippen LogP contribution is 2.10.